The molecule has 3 amide bonds. The van der Waals surface area contributed by atoms with E-state index in [1.807, 2.05) is 33.9 Å². The molecular formula is C27H27FN4O3S. The first-order valence-corrected chi connectivity index (χ1v) is 12.6. The number of nitrogens with one attached hydrogen (secondary N) is 1. The number of carbonyl (C=O) groups is 2. The van der Waals surface area contributed by atoms with Crippen molar-refractivity contribution in [1.82, 2.24) is 14.4 Å². The number of nitrogens with zero attached hydrogens (tertiary/aromatic N) is 3. The van der Waals surface area contributed by atoms with Crippen LogP contribution in [-0.4, -0.2) is 59.1 Å². The third-order valence-corrected chi connectivity index (χ3v) is 7.44. The van der Waals surface area contributed by atoms with E-state index >= 15 is 0 Å². The first kappa shape index (κ1) is 23.9. The summed E-state index contributed by atoms with van der Waals surface area (Å²) < 4.78 is 20.6. The zero-order chi connectivity index (χ0) is 25.2. The SMILES string of the molecule is COc1ccc(NC(=O)N2CCN(C(=O)c3cc4ccsc4n3Cc3ccc(F)cc3)C[C@H]2C)cc1. The van der Waals surface area contributed by atoms with Crippen LogP contribution in [0.3, 0.4) is 0 Å². The van der Waals surface area contributed by atoms with Gasteiger partial charge in [0.1, 0.15) is 22.1 Å². The van der Waals surface area contributed by atoms with Gasteiger partial charge in [-0.05, 0) is 66.4 Å². The Labute approximate surface area is 212 Å². The van der Waals surface area contributed by atoms with E-state index in [9.17, 15) is 14.0 Å². The van der Waals surface area contributed by atoms with Crippen LogP contribution < -0.4 is 10.1 Å². The molecule has 0 radical (unpaired) electrons. The van der Waals surface area contributed by atoms with Crippen LogP contribution in [0.2, 0.25) is 0 Å². The molecule has 0 unspecified atom stereocenters. The molecule has 1 atom stereocenters. The summed E-state index contributed by atoms with van der Waals surface area (Å²) in [4.78, 5) is 31.1. The van der Waals surface area contributed by atoms with Gasteiger partial charge in [-0.1, -0.05) is 12.1 Å². The molecule has 9 heteroatoms. The minimum Gasteiger partial charge on any atom is -0.497 e. The Bertz CT molecular complexity index is 1380. The van der Waals surface area contributed by atoms with E-state index in [2.05, 4.69) is 5.32 Å². The van der Waals surface area contributed by atoms with E-state index in [0.717, 1.165) is 21.5 Å². The summed E-state index contributed by atoms with van der Waals surface area (Å²) in [6.07, 6.45) is 0. The van der Waals surface area contributed by atoms with Gasteiger partial charge < -0.3 is 24.4 Å². The number of thiophene rings is 1. The number of ether oxygens (including phenoxy) is 1. The van der Waals surface area contributed by atoms with Crippen LogP contribution in [-0.2, 0) is 6.54 Å². The molecule has 0 saturated carbocycles. The Balaban J connectivity index is 1.29. The first-order valence-electron chi connectivity index (χ1n) is 11.7. The molecule has 7 nitrogen and oxygen atoms in total. The van der Waals surface area contributed by atoms with Crippen molar-refractivity contribution in [2.45, 2.75) is 19.5 Å². The van der Waals surface area contributed by atoms with E-state index < -0.39 is 0 Å². The molecule has 1 fully saturated rings. The van der Waals surface area contributed by atoms with Crippen LogP contribution in [0, 0.1) is 5.82 Å². The van der Waals surface area contributed by atoms with Gasteiger partial charge in [-0.25, -0.2) is 9.18 Å². The Hall–Kier alpha value is -3.85. The minimum absolute atomic E-state index is 0.0671. The van der Waals surface area contributed by atoms with Gasteiger partial charge in [0.25, 0.3) is 5.91 Å². The highest BCUT2D eigenvalue weighted by Gasteiger charge is 2.32. The van der Waals surface area contributed by atoms with Gasteiger partial charge >= 0.3 is 6.03 Å². The lowest BCUT2D eigenvalue weighted by Gasteiger charge is -2.39. The second-order valence-corrected chi connectivity index (χ2v) is 9.77. The first-order chi connectivity index (χ1) is 17.4. The summed E-state index contributed by atoms with van der Waals surface area (Å²) in [5, 5.41) is 5.93. The number of aromatic nitrogens is 1. The van der Waals surface area contributed by atoms with Crippen LogP contribution in [0.5, 0.6) is 5.75 Å². The van der Waals surface area contributed by atoms with Crippen LogP contribution in [0.1, 0.15) is 23.0 Å². The van der Waals surface area contributed by atoms with Crippen molar-refractivity contribution >= 4 is 39.2 Å². The van der Waals surface area contributed by atoms with Crippen LogP contribution >= 0.6 is 11.3 Å². The van der Waals surface area contributed by atoms with Crippen LogP contribution in [0.25, 0.3) is 10.2 Å². The monoisotopic (exact) mass is 506 g/mol. The van der Waals surface area contributed by atoms with E-state index in [1.54, 1.807) is 59.7 Å². The summed E-state index contributed by atoms with van der Waals surface area (Å²) in [7, 11) is 1.60. The zero-order valence-electron chi connectivity index (χ0n) is 20.1. The van der Waals surface area contributed by atoms with Gasteiger partial charge in [0.2, 0.25) is 0 Å². The van der Waals surface area contributed by atoms with Crippen molar-refractivity contribution in [2.75, 3.05) is 32.1 Å². The number of urea groups is 1. The van der Waals surface area contributed by atoms with E-state index in [-0.39, 0.29) is 23.8 Å². The molecule has 3 heterocycles. The quantitative estimate of drug-likeness (QED) is 0.401. The molecule has 0 aliphatic carbocycles. The number of hydrogen-bond acceptors (Lipinski definition) is 4. The van der Waals surface area contributed by atoms with Gasteiger partial charge in [-0.3, -0.25) is 4.79 Å². The smallest absolute Gasteiger partial charge is 0.322 e. The second kappa shape index (κ2) is 10.0. The largest absolute Gasteiger partial charge is 0.497 e. The molecule has 5 rings (SSSR count). The van der Waals surface area contributed by atoms with Gasteiger partial charge in [-0.2, -0.15) is 0 Å². The molecule has 2 aromatic carbocycles. The number of methoxy groups -OCH3 is 1. The molecule has 0 spiro atoms. The number of anilines is 1. The molecule has 0 bridgehead atoms. The van der Waals surface area contributed by atoms with E-state index in [1.165, 1.54) is 12.1 Å². The maximum absolute atomic E-state index is 13.6. The van der Waals surface area contributed by atoms with Crippen LogP contribution in [0.4, 0.5) is 14.9 Å². The highest BCUT2D eigenvalue weighted by Crippen LogP contribution is 2.28. The maximum Gasteiger partial charge on any atom is 0.322 e. The van der Waals surface area contributed by atoms with Gasteiger partial charge in [-0.15, -0.1) is 11.3 Å². The third-order valence-electron chi connectivity index (χ3n) is 6.49. The molecule has 1 aliphatic rings. The number of amides is 3. The molecule has 1 aliphatic heterocycles. The molecule has 186 valence electrons. The molecule has 4 aromatic rings. The Morgan fingerprint density at radius 1 is 1.08 bits per heavy atom. The molecule has 36 heavy (non-hydrogen) atoms. The summed E-state index contributed by atoms with van der Waals surface area (Å²) in [5.74, 6) is 0.367. The Kier molecular flexibility index (Phi) is 6.65. The molecule has 2 aromatic heterocycles. The fourth-order valence-electron chi connectivity index (χ4n) is 4.56. The van der Waals surface area contributed by atoms with E-state index in [0.29, 0.717) is 37.6 Å². The van der Waals surface area contributed by atoms with Gasteiger partial charge in [0, 0.05) is 43.3 Å². The fraction of sp³-hybridized carbons (Fsp3) is 0.259. The van der Waals surface area contributed by atoms with Crippen LogP contribution in [0.15, 0.2) is 66.0 Å². The number of fused-ring (bicyclic) bond motifs is 1. The third kappa shape index (κ3) is 4.79. The Morgan fingerprint density at radius 2 is 1.83 bits per heavy atom. The fourth-order valence-corrected chi connectivity index (χ4v) is 5.45. The highest BCUT2D eigenvalue weighted by atomic mass is 32.1. The molecular weight excluding hydrogens is 479 g/mol. The topological polar surface area (TPSA) is 66.8 Å². The lowest BCUT2D eigenvalue weighted by molar-refractivity contribution is 0.0583. The highest BCUT2D eigenvalue weighted by molar-refractivity contribution is 7.16. The zero-order valence-corrected chi connectivity index (χ0v) is 20.9. The maximum atomic E-state index is 13.6. The normalized spacial score (nSPS) is 15.8. The van der Waals surface area contributed by atoms with Gasteiger partial charge in [0.05, 0.1) is 7.11 Å². The average molecular weight is 507 g/mol. The van der Waals surface area contributed by atoms with Crippen molar-refractivity contribution in [2.24, 2.45) is 0 Å². The summed E-state index contributed by atoms with van der Waals surface area (Å²) in [6.45, 7) is 3.73. The number of benzene rings is 2. The summed E-state index contributed by atoms with van der Waals surface area (Å²) in [6, 6.07) is 17.1. The number of hydrogen-bond donors (Lipinski definition) is 1. The molecule has 1 saturated heterocycles. The number of rotatable bonds is 5. The predicted octanol–water partition coefficient (Wildman–Crippen LogP) is 5.28. The van der Waals surface area contributed by atoms with Crippen molar-refractivity contribution < 1.29 is 18.7 Å². The van der Waals surface area contributed by atoms with Crippen molar-refractivity contribution in [1.29, 1.82) is 0 Å². The summed E-state index contributed by atoms with van der Waals surface area (Å²) in [5.41, 5.74) is 2.21. The second-order valence-electron chi connectivity index (χ2n) is 8.88. The number of halogens is 1. The number of piperazine rings is 1. The van der Waals surface area contributed by atoms with Gasteiger partial charge in [0.15, 0.2) is 0 Å². The van der Waals surface area contributed by atoms with Crippen molar-refractivity contribution in [3.63, 3.8) is 0 Å². The average Bonchev–Trinajstić information content (AvgIpc) is 3.48. The van der Waals surface area contributed by atoms with Crippen molar-refractivity contribution in [3.8, 4) is 5.75 Å². The van der Waals surface area contributed by atoms with E-state index in [4.69, 9.17) is 4.74 Å². The number of carbonyl (C=O) groups excluding carboxylic acids is 2. The minimum atomic E-state index is -0.285. The Morgan fingerprint density at radius 3 is 2.53 bits per heavy atom. The predicted molar refractivity (Wildman–Crippen MR) is 139 cm³/mol. The lowest BCUT2D eigenvalue weighted by Crippen LogP contribution is -2.56. The van der Waals surface area contributed by atoms with Crippen molar-refractivity contribution in [3.05, 3.63) is 83.1 Å². The lowest BCUT2D eigenvalue weighted by atomic mass is 10.1. The molecule has 1 N–H and O–H groups in total. The standard InChI is InChI=1S/C27H27FN4O3S/c1-18-16-30(12-13-31(18)27(34)29-22-7-9-23(35-2)10-8-22)25(33)24-15-20-11-14-36-26(20)32(24)17-19-3-5-21(28)6-4-19/h3-11,14-15,18H,12-13,16-17H2,1-2H3,(H,29,34)/t18-/m1/s1. The summed E-state index contributed by atoms with van der Waals surface area (Å²) >= 11 is 1.58.